The van der Waals surface area contributed by atoms with Gasteiger partial charge in [-0.3, -0.25) is 9.36 Å². The van der Waals surface area contributed by atoms with Gasteiger partial charge >= 0.3 is 7.60 Å². The number of carbonyl (C=O) groups is 1. The maximum absolute atomic E-state index is 11.4. The van der Waals surface area contributed by atoms with Gasteiger partial charge in [0.25, 0.3) is 0 Å². The van der Waals surface area contributed by atoms with Crippen molar-refractivity contribution in [3.63, 3.8) is 0 Å². The highest BCUT2D eigenvalue weighted by molar-refractivity contribution is 7.54. The second-order valence-electron chi connectivity index (χ2n) is 4.12. The molecule has 0 atom stereocenters. The third kappa shape index (κ3) is 3.22. The molecule has 2 N–H and O–H groups in total. The van der Waals surface area contributed by atoms with Crippen LogP contribution in [0.3, 0.4) is 0 Å². The van der Waals surface area contributed by atoms with E-state index in [1.54, 1.807) is 0 Å². The number of hydrogen-bond acceptors (Lipinski definition) is 2. The van der Waals surface area contributed by atoms with Crippen molar-refractivity contribution in [2.75, 3.05) is 0 Å². The van der Waals surface area contributed by atoms with Crippen LogP contribution < -0.4 is 0 Å². The van der Waals surface area contributed by atoms with E-state index in [0.717, 1.165) is 0 Å². The molecule has 78 valence electrons. The molecule has 0 unspecified atom stereocenters. The molecule has 0 aliphatic carbocycles. The van der Waals surface area contributed by atoms with Crippen molar-refractivity contribution in [2.24, 2.45) is 5.92 Å². The molecule has 0 bridgehead atoms. The van der Waals surface area contributed by atoms with E-state index in [2.05, 4.69) is 0 Å². The number of carbonyl (C=O) groups excluding carboxylic acids is 1. The molecular weight excluding hydrogens is 191 g/mol. The normalized spacial score (nSPS) is 13.5. The molecule has 0 rings (SSSR count). The van der Waals surface area contributed by atoms with Gasteiger partial charge in [0.2, 0.25) is 0 Å². The van der Waals surface area contributed by atoms with E-state index >= 15 is 0 Å². The third-order valence-corrected chi connectivity index (χ3v) is 3.71. The zero-order chi connectivity index (χ0) is 10.9. The van der Waals surface area contributed by atoms with Crippen molar-refractivity contribution in [3.05, 3.63) is 0 Å². The minimum atomic E-state index is -4.33. The van der Waals surface area contributed by atoms with E-state index in [9.17, 15) is 9.36 Å². The number of rotatable bonds is 4. The molecule has 0 aliphatic rings. The van der Waals surface area contributed by atoms with Crippen LogP contribution in [-0.4, -0.2) is 20.7 Å². The lowest BCUT2D eigenvalue weighted by molar-refractivity contribution is -0.121. The SMILES string of the molecule is CC(C)CC(=O)C(C)(C)P(=O)(O)O. The Morgan fingerprint density at radius 3 is 2.00 bits per heavy atom. The zero-order valence-electron chi connectivity index (χ0n) is 8.44. The first-order chi connectivity index (χ1) is 5.59. The van der Waals surface area contributed by atoms with Gasteiger partial charge in [-0.2, -0.15) is 0 Å². The topological polar surface area (TPSA) is 74.6 Å². The molecule has 0 saturated carbocycles. The molecule has 13 heavy (non-hydrogen) atoms. The van der Waals surface area contributed by atoms with Crippen LogP contribution in [0.15, 0.2) is 0 Å². The van der Waals surface area contributed by atoms with E-state index in [4.69, 9.17) is 9.79 Å². The predicted octanol–water partition coefficient (Wildman–Crippen LogP) is 1.56. The Balaban J connectivity index is 4.66. The Kier molecular flexibility index (Phi) is 3.85. The fourth-order valence-corrected chi connectivity index (χ4v) is 1.20. The van der Waals surface area contributed by atoms with Gasteiger partial charge < -0.3 is 9.79 Å². The Hall–Kier alpha value is -0.180. The first-order valence-corrected chi connectivity index (χ1v) is 5.79. The monoisotopic (exact) mass is 208 g/mol. The Bertz CT molecular complexity index is 239. The lowest BCUT2D eigenvalue weighted by Crippen LogP contribution is -2.32. The summed E-state index contributed by atoms with van der Waals surface area (Å²) in [7, 11) is -4.33. The van der Waals surface area contributed by atoms with Crippen molar-refractivity contribution in [3.8, 4) is 0 Å². The minimum absolute atomic E-state index is 0.123. The average molecular weight is 208 g/mol. The van der Waals surface area contributed by atoms with Crippen LogP contribution in [0.5, 0.6) is 0 Å². The molecule has 0 aromatic carbocycles. The molecule has 0 aromatic rings. The zero-order valence-corrected chi connectivity index (χ0v) is 9.34. The molecule has 0 aliphatic heterocycles. The highest BCUT2D eigenvalue weighted by Crippen LogP contribution is 2.51. The van der Waals surface area contributed by atoms with E-state index in [1.165, 1.54) is 13.8 Å². The van der Waals surface area contributed by atoms with Crippen LogP contribution >= 0.6 is 7.60 Å². The van der Waals surface area contributed by atoms with Crippen LogP contribution in [-0.2, 0) is 9.36 Å². The molecule has 0 fully saturated rings. The molecule has 0 aromatic heterocycles. The van der Waals surface area contributed by atoms with Gasteiger partial charge in [0.05, 0.1) is 0 Å². The van der Waals surface area contributed by atoms with Gasteiger partial charge in [0.15, 0.2) is 5.78 Å². The van der Waals surface area contributed by atoms with Crippen molar-refractivity contribution < 1.29 is 19.1 Å². The smallest absolute Gasteiger partial charge is 0.324 e. The summed E-state index contributed by atoms with van der Waals surface area (Å²) in [6.45, 7) is 6.26. The maximum atomic E-state index is 11.4. The molecule has 4 nitrogen and oxygen atoms in total. The molecule has 5 heteroatoms. The van der Waals surface area contributed by atoms with Crippen molar-refractivity contribution in [1.29, 1.82) is 0 Å². The fraction of sp³-hybridized carbons (Fsp3) is 0.875. The van der Waals surface area contributed by atoms with E-state index in [-0.39, 0.29) is 18.1 Å². The first-order valence-electron chi connectivity index (χ1n) is 4.18. The summed E-state index contributed by atoms with van der Waals surface area (Å²) < 4.78 is 10.9. The second-order valence-corrected chi connectivity index (χ2v) is 6.33. The summed E-state index contributed by atoms with van der Waals surface area (Å²) in [4.78, 5) is 29.3. The molecule has 0 amide bonds. The molecular formula is C8H17O4P. The third-order valence-electron chi connectivity index (χ3n) is 2.00. The average Bonchev–Trinajstić information content (AvgIpc) is 1.82. The highest BCUT2D eigenvalue weighted by Gasteiger charge is 2.43. The molecule has 0 radical (unpaired) electrons. The van der Waals surface area contributed by atoms with Gasteiger partial charge in [0.1, 0.15) is 5.16 Å². The summed E-state index contributed by atoms with van der Waals surface area (Å²) in [6, 6.07) is 0. The van der Waals surface area contributed by atoms with Gasteiger partial charge in [-0.1, -0.05) is 13.8 Å². The summed E-state index contributed by atoms with van der Waals surface area (Å²) in [6.07, 6.45) is 0.206. The van der Waals surface area contributed by atoms with Gasteiger partial charge in [-0.25, -0.2) is 0 Å². The van der Waals surface area contributed by atoms with E-state index in [1.807, 2.05) is 13.8 Å². The summed E-state index contributed by atoms with van der Waals surface area (Å²) in [5.41, 5.74) is 0. The van der Waals surface area contributed by atoms with Crippen LogP contribution in [0.2, 0.25) is 0 Å². The number of ketones is 1. The Morgan fingerprint density at radius 1 is 1.38 bits per heavy atom. The van der Waals surface area contributed by atoms with Crippen molar-refractivity contribution in [1.82, 2.24) is 0 Å². The standard InChI is InChI=1S/C8H17O4P/c1-6(2)5-7(9)8(3,4)13(10,11)12/h6H,5H2,1-4H3,(H2,10,11,12). The van der Waals surface area contributed by atoms with Crippen molar-refractivity contribution in [2.45, 2.75) is 39.3 Å². The van der Waals surface area contributed by atoms with Crippen molar-refractivity contribution >= 4 is 13.4 Å². The van der Waals surface area contributed by atoms with E-state index in [0.29, 0.717) is 0 Å². The lowest BCUT2D eigenvalue weighted by Gasteiger charge is -2.24. The van der Waals surface area contributed by atoms with Gasteiger partial charge in [-0.15, -0.1) is 0 Å². The molecule has 0 saturated heterocycles. The predicted molar refractivity (Wildman–Crippen MR) is 50.6 cm³/mol. The Labute approximate surface area is 78.5 Å². The summed E-state index contributed by atoms with van der Waals surface area (Å²) in [5.74, 6) is -0.255. The summed E-state index contributed by atoms with van der Waals surface area (Å²) >= 11 is 0. The molecule has 0 heterocycles. The minimum Gasteiger partial charge on any atom is -0.324 e. The number of hydrogen-bond donors (Lipinski definition) is 2. The van der Waals surface area contributed by atoms with Crippen LogP contribution in [0.1, 0.15) is 34.1 Å². The number of Topliss-reactive ketones (excluding diaryl/α,β-unsaturated/α-hetero) is 1. The fourth-order valence-electron chi connectivity index (χ4n) is 0.783. The Morgan fingerprint density at radius 2 is 1.77 bits per heavy atom. The van der Waals surface area contributed by atoms with Crippen LogP contribution in [0.25, 0.3) is 0 Å². The highest BCUT2D eigenvalue weighted by atomic mass is 31.2. The van der Waals surface area contributed by atoms with Crippen LogP contribution in [0, 0.1) is 5.92 Å². The second kappa shape index (κ2) is 3.91. The van der Waals surface area contributed by atoms with Crippen LogP contribution in [0.4, 0.5) is 0 Å². The quantitative estimate of drug-likeness (QED) is 0.687. The maximum Gasteiger partial charge on any atom is 0.338 e. The lowest BCUT2D eigenvalue weighted by atomic mass is 9.98. The summed E-state index contributed by atoms with van der Waals surface area (Å²) in [5, 5.41) is -1.54. The largest absolute Gasteiger partial charge is 0.338 e. The van der Waals surface area contributed by atoms with E-state index < -0.39 is 12.8 Å². The molecule has 0 spiro atoms. The van der Waals surface area contributed by atoms with Gasteiger partial charge in [0, 0.05) is 6.42 Å². The first kappa shape index (κ1) is 12.8. The van der Waals surface area contributed by atoms with Gasteiger partial charge in [-0.05, 0) is 19.8 Å².